The van der Waals surface area contributed by atoms with E-state index in [0.29, 0.717) is 0 Å². The zero-order valence-electron chi connectivity index (χ0n) is 13.4. The molecular weight excluding hydrogens is 244 g/mol. The SMILES string of the molecule is CCC1CCCN(CC(N)c2cc(C)cc(C)c2)CC1. The molecule has 1 aliphatic heterocycles. The molecule has 20 heavy (non-hydrogen) atoms. The summed E-state index contributed by atoms with van der Waals surface area (Å²) in [6, 6.07) is 6.84. The van der Waals surface area contributed by atoms with Gasteiger partial charge in [-0.1, -0.05) is 42.7 Å². The quantitative estimate of drug-likeness (QED) is 0.904. The van der Waals surface area contributed by atoms with E-state index in [9.17, 15) is 0 Å². The first-order valence-electron chi connectivity index (χ1n) is 8.14. The van der Waals surface area contributed by atoms with Crippen LogP contribution in [0, 0.1) is 19.8 Å². The summed E-state index contributed by atoms with van der Waals surface area (Å²) in [6.07, 6.45) is 5.40. The highest BCUT2D eigenvalue weighted by Gasteiger charge is 2.18. The Balaban J connectivity index is 1.95. The van der Waals surface area contributed by atoms with Crippen molar-refractivity contribution in [3.63, 3.8) is 0 Å². The van der Waals surface area contributed by atoms with Gasteiger partial charge in [-0.3, -0.25) is 0 Å². The molecule has 1 aromatic carbocycles. The third kappa shape index (κ3) is 4.32. The lowest BCUT2D eigenvalue weighted by Crippen LogP contribution is -2.33. The number of benzene rings is 1. The van der Waals surface area contributed by atoms with Gasteiger partial charge in [0.05, 0.1) is 0 Å². The molecule has 0 amide bonds. The van der Waals surface area contributed by atoms with Gasteiger partial charge < -0.3 is 10.6 Å². The van der Waals surface area contributed by atoms with Crippen LogP contribution in [0.5, 0.6) is 0 Å². The lowest BCUT2D eigenvalue weighted by molar-refractivity contribution is 0.263. The molecule has 0 spiro atoms. The zero-order chi connectivity index (χ0) is 14.5. The first kappa shape index (κ1) is 15.5. The number of rotatable bonds is 4. The van der Waals surface area contributed by atoms with Crippen LogP contribution < -0.4 is 5.73 Å². The molecular formula is C18H30N2. The monoisotopic (exact) mass is 274 g/mol. The van der Waals surface area contributed by atoms with Crippen molar-refractivity contribution in [3.05, 3.63) is 34.9 Å². The van der Waals surface area contributed by atoms with Gasteiger partial charge in [0, 0.05) is 12.6 Å². The Kier molecular flexibility index (Phi) is 5.62. The first-order valence-corrected chi connectivity index (χ1v) is 8.14. The van der Waals surface area contributed by atoms with Crippen LogP contribution in [-0.4, -0.2) is 24.5 Å². The number of aryl methyl sites for hydroxylation is 2. The van der Waals surface area contributed by atoms with E-state index in [4.69, 9.17) is 5.73 Å². The molecule has 1 aliphatic rings. The molecule has 0 bridgehead atoms. The number of hydrogen-bond acceptors (Lipinski definition) is 2. The lowest BCUT2D eigenvalue weighted by Gasteiger charge is -2.24. The highest BCUT2D eigenvalue weighted by molar-refractivity contribution is 5.30. The standard InChI is InChI=1S/C18H30N2/c1-4-16-6-5-8-20(9-7-16)13-18(19)17-11-14(2)10-15(3)12-17/h10-12,16,18H,4-9,13,19H2,1-3H3. The average Bonchev–Trinajstić information content (AvgIpc) is 2.62. The smallest absolute Gasteiger partial charge is 0.0424 e. The molecule has 0 radical (unpaired) electrons. The molecule has 2 nitrogen and oxygen atoms in total. The molecule has 1 heterocycles. The number of hydrogen-bond donors (Lipinski definition) is 1. The van der Waals surface area contributed by atoms with Crippen LogP contribution in [0.15, 0.2) is 18.2 Å². The lowest BCUT2D eigenvalue weighted by atomic mass is 9.98. The number of nitrogens with two attached hydrogens (primary N) is 1. The molecule has 0 saturated carbocycles. The Morgan fingerprint density at radius 2 is 1.85 bits per heavy atom. The van der Waals surface area contributed by atoms with Gasteiger partial charge in [-0.15, -0.1) is 0 Å². The molecule has 112 valence electrons. The van der Waals surface area contributed by atoms with Gasteiger partial charge >= 0.3 is 0 Å². The molecule has 2 atom stereocenters. The van der Waals surface area contributed by atoms with Crippen molar-refractivity contribution in [3.8, 4) is 0 Å². The topological polar surface area (TPSA) is 29.3 Å². The van der Waals surface area contributed by atoms with Crippen LogP contribution in [0.25, 0.3) is 0 Å². The molecule has 0 aliphatic carbocycles. The summed E-state index contributed by atoms with van der Waals surface area (Å²) in [4.78, 5) is 2.57. The van der Waals surface area contributed by atoms with E-state index >= 15 is 0 Å². The van der Waals surface area contributed by atoms with Gasteiger partial charge in [-0.2, -0.15) is 0 Å². The van der Waals surface area contributed by atoms with Crippen molar-refractivity contribution in [2.24, 2.45) is 11.7 Å². The fraction of sp³-hybridized carbons (Fsp3) is 0.667. The summed E-state index contributed by atoms with van der Waals surface area (Å²) in [7, 11) is 0. The summed E-state index contributed by atoms with van der Waals surface area (Å²) >= 11 is 0. The summed E-state index contributed by atoms with van der Waals surface area (Å²) in [5.74, 6) is 0.928. The van der Waals surface area contributed by atoms with E-state index in [1.807, 2.05) is 0 Å². The first-order chi connectivity index (χ1) is 9.58. The van der Waals surface area contributed by atoms with E-state index in [1.165, 1.54) is 55.5 Å². The maximum Gasteiger partial charge on any atom is 0.0424 e. The zero-order valence-corrected chi connectivity index (χ0v) is 13.4. The van der Waals surface area contributed by atoms with Gasteiger partial charge in [0.25, 0.3) is 0 Å². The van der Waals surface area contributed by atoms with Crippen molar-refractivity contribution >= 4 is 0 Å². The third-order valence-corrected chi connectivity index (χ3v) is 4.64. The van der Waals surface area contributed by atoms with Crippen LogP contribution in [0.4, 0.5) is 0 Å². The minimum Gasteiger partial charge on any atom is -0.323 e. The predicted octanol–water partition coefficient (Wildman–Crippen LogP) is 3.82. The van der Waals surface area contributed by atoms with Gasteiger partial charge in [0.1, 0.15) is 0 Å². The van der Waals surface area contributed by atoms with E-state index in [2.05, 4.69) is 43.9 Å². The van der Waals surface area contributed by atoms with E-state index in [-0.39, 0.29) is 6.04 Å². The fourth-order valence-corrected chi connectivity index (χ4v) is 3.42. The van der Waals surface area contributed by atoms with Gasteiger partial charge in [-0.05, 0) is 57.7 Å². The van der Waals surface area contributed by atoms with Gasteiger partial charge in [-0.25, -0.2) is 0 Å². The maximum absolute atomic E-state index is 6.44. The molecule has 1 saturated heterocycles. The normalized spacial score (nSPS) is 22.5. The summed E-state index contributed by atoms with van der Waals surface area (Å²) in [6.45, 7) is 10.1. The highest BCUT2D eigenvalue weighted by Crippen LogP contribution is 2.22. The van der Waals surface area contributed by atoms with Crippen LogP contribution in [0.2, 0.25) is 0 Å². The molecule has 2 unspecified atom stereocenters. The Morgan fingerprint density at radius 1 is 1.15 bits per heavy atom. The second kappa shape index (κ2) is 7.24. The largest absolute Gasteiger partial charge is 0.323 e. The Morgan fingerprint density at radius 3 is 2.50 bits per heavy atom. The minimum atomic E-state index is 0.145. The van der Waals surface area contributed by atoms with E-state index in [0.717, 1.165) is 12.5 Å². The van der Waals surface area contributed by atoms with Crippen LogP contribution in [-0.2, 0) is 0 Å². The minimum absolute atomic E-state index is 0.145. The van der Waals surface area contributed by atoms with Crippen LogP contribution in [0.3, 0.4) is 0 Å². The van der Waals surface area contributed by atoms with Crippen molar-refractivity contribution in [2.75, 3.05) is 19.6 Å². The van der Waals surface area contributed by atoms with Crippen molar-refractivity contribution in [2.45, 2.75) is 52.5 Å². The van der Waals surface area contributed by atoms with Gasteiger partial charge in [0.15, 0.2) is 0 Å². The van der Waals surface area contributed by atoms with Crippen molar-refractivity contribution in [1.82, 2.24) is 4.90 Å². The number of nitrogens with zero attached hydrogens (tertiary/aromatic N) is 1. The molecule has 2 rings (SSSR count). The second-order valence-electron chi connectivity index (χ2n) is 6.53. The Labute approximate surface area is 124 Å². The molecule has 1 aromatic rings. The van der Waals surface area contributed by atoms with Crippen LogP contribution >= 0.6 is 0 Å². The van der Waals surface area contributed by atoms with Crippen molar-refractivity contribution < 1.29 is 0 Å². The molecule has 2 heteroatoms. The fourth-order valence-electron chi connectivity index (χ4n) is 3.42. The van der Waals surface area contributed by atoms with Gasteiger partial charge in [0.2, 0.25) is 0 Å². The second-order valence-corrected chi connectivity index (χ2v) is 6.53. The molecule has 1 fully saturated rings. The van der Waals surface area contributed by atoms with E-state index in [1.54, 1.807) is 0 Å². The Bertz CT molecular complexity index is 407. The highest BCUT2D eigenvalue weighted by atomic mass is 15.1. The Hall–Kier alpha value is -0.860. The van der Waals surface area contributed by atoms with E-state index < -0.39 is 0 Å². The summed E-state index contributed by atoms with van der Waals surface area (Å²) in [5.41, 5.74) is 10.4. The summed E-state index contributed by atoms with van der Waals surface area (Å²) in [5, 5.41) is 0. The van der Waals surface area contributed by atoms with Crippen LogP contribution in [0.1, 0.15) is 55.3 Å². The third-order valence-electron chi connectivity index (χ3n) is 4.64. The molecule has 0 aromatic heterocycles. The summed E-state index contributed by atoms with van der Waals surface area (Å²) < 4.78 is 0. The average molecular weight is 274 g/mol. The number of likely N-dealkylation sites (tertiary alicyclic amines) is 1. The van der Waals surface area contributed by atoms with Crippen molar-refractivity contribution in [1.29, 1.82) is 0 Å². The predicted molar refractivity (Wildman–Crippen MR) is 86.9 cm³/mol. The molecule has 2 N–H and O–H groups in total. The maximum atomic E-state index is 6.44.